The van der Waals surface area contributed by atoms with E-state index in [0.717, 1.165) is 27.6 Å². The summed E-state index contributed by atoms with van der Waals surface area (Å²) in [5, 5.41) is 9.98. The summed E-state index contributed by atoms with van der Waals surface area (Å²) in [6, 6.07) is 7.92. The minimum Gasteiger partial charge on any atom is -0.497 e. The van der Waals surface area contributed by atoms with Gasteiger partial charge in [0.25, 0.3) is 0 Å². The van der Waals surface area contributed by atoms with Gasteiger partial charge >= 0.3 is 10.8 Å². The van der Waals surface area contributed by atoms with Crippen molar-refractivity contribution in [2.75, 3.05) is 13.7 Å². The third-order valence-corrected chi connectivity index (χ3v) is 10.7. The van der Waals surface area contributed by atoms with Crippen LogP contribution in [-0.4, -0.2) is 51.7 Å². The number of imide groups is 1. The molecule has 7 atom stereocenters. The van der Waals surface area contributed by atoms with Gasteiger partial charge in [-0.1, -0.05) is 23.5 Å². The summed E-state index contributed by atoms with van der Waals surface area (Å²) in [5.41, 5.74) is 1.09. The van der Waals surface area contributed by atoms with E-state index in [9.17, 15) is 19.2 Å². The molecule has 178 valence electrons. The van der Waals surface area contributed by atoms with Gasteiger partial charge in [0.05, 0.1) is 24.0 Å². The largest absolute Gasteiger partial charge is 0.497 e. The van der Waals surface area contributed by atoms with Crippen LogP contribution in [0.3, 0.4) is 0 Å². The molecule has 2 aliphatic carbocycles. The third kappa shape index (κ3) is 3.11. The first-order chi connectivity index (χ1) is 16.4. The highest BCUT2D eigenvalue weighted by atomic mass is 32.2. The molecule has 3 heterocycles. The second kappa shape index (κ2) is 7.98. The molecule has 0 spiro atoms. The molecule has 3 fully saturated rings. The Kier molecular flexibility index (Phi) is 5.14. The van der Waals surface area contributed by atoms with E-state index in [1.807, 2.05) is 24.3 Å². The number of nitrogens with zero attached hydrogens (tertiary/aromatic N) is 1. The monoisotopic (exact) mass is 500 g/mol. The second-order valence-electron chi connectivity index (χ2n) is 9.56. The van der Waals surface area contributed by atoms with Crippen LogP contribution in [0.1, 0.15) is 35.6 Å². The van der Waals surface area contributed by atoms with Crippen LogP contribution in [0, 0.1) is 29.6 Å². The average Bonchev–Trinajstić information content (AvgIpc) is 3.54. The Hall–Kier alpha value is -2.59. The number of ether oxygens (including phenoxy) is 1. The Morgan fingerprint density at radius 1 is 1.15 bits per heavy atom. The molecule has 2 amide bonds. The first-order valence-corrected chi connectivity index (χ1v) is 13.2. The zero-order chi connectivity index (χ0) is 23.7. The predicted molar refractivity (Wildman–Crippen MR) is 125 cm³/mol. The molecule has 2 N–H and O–H groups in total. The number of carboxylic acids is 1. The van der Waals surface area contributed by atoms with Crippen LogP contribution in [0.15, 0.2) is 34.1 Å². The number of nitrogens with one attached hydrogen (secondary N) is 1. The van der Waals surface area contributed by atoms with Crippen LogP contribution < -0.4 is 9.61 Å². The van der Waals surface area contributed by atoms with Crippen molar-refractivity contribution in [3.05, 3.63) is 44.4 Å². The number of methoxy groups -OCH3 is 1. The maximum absolute atomic E-state index is 13.4. The lowest BCUT2D eigenvalue weighted by atomic mass is 9.68. The number of carbonyl (C=O) groups excluding carboxylic acids is 2. The molecule has 1 aromatic carbocycles. The highest BCUT2D eigenvalue weighted by Crippen LogP contribution is 2.68. The number of carbonyl (C=O) groups is 3. The maximum atomic E-state index is 13.4. The molecule has 2 aromatic rings. The predicted octanol–water partition coefficient (Wildman–Crippen LogP) is 2.78. The smallest absolute Gasteiger partial charge is 0.305 e. The van der Waals surface area contributed by atoms with Gasteiger partial charge in [0.1, 0.15) is 5.75 Å². The molecule has 1 saturated heterocycles. The number of benzene rings is 1. The van der Waals surface area contributed by atoms with Crippen LogP contribution >= 0.6 is 23.1 Å². The second-order valence-corrected chi connectivity index (χ2v) is 11.8. The number of aromatic amines is 1. The number of hydrogen-bond acceptors (Lipinski definition) is 7. The van der Waals surface area contributed by atoms with Crippen LogP contribution in [0.5, 0.6) is 5.75 Å². The highest BCUT2D eigenvalue weighted by molar-refractivity contribution is 8.00. The van der Waals surface area contributed by atoms with Crippen LogP contribution in [-0.2, 0) is 14.4 Å². The molecule has 2 saturated carbocycles. The van der Waals surface area contributed by atoms with Crippen molar-refractivity contribution in [3.63, 3.8) is 0 Å². The summed E-state index contributed by atoms with van der Waals surface area (Å²) in [6.07, 6.45) is 1.05. The summed E-state index contributed by atoms with van der Waals surface area (Å²) in [4.78, 5) is 55.1. The fraction of sp³-hybridized carbons (Fsp3) is 0.500. The van der Waals surface area contributed by atoms with Crippen molar-refractivity contribution in [2.45, 2.75) is 35.5 Å². The quantitative estimate of drug-likeness (QED) is 0.586. The van der Waals surface area contributed by atoms with Crippen LogP contribution in [0.25, 0.3) is 0 Å². The Morgan fingerprint density at radius 3 is 2.53 bits per heavy atom. The molecule has 2 aliphatic heterocycles. The van der Waals surface area contributed by atoms with Gasteiger partial charge in [-0.05, 0) is 48.3 Å². The van der Waals surface area contributed by atoms with Crippen LogP contribution in [0.2, 0.25) is 0 Å². The van der Waals surface area contributed by atoms with E-state index < -0.39 is 5.97 Å². The summed E-state index contributed by atoms with van der Waals surface area (Å²) < 4.78 is 5.33. The van der Waals surface area contributed by atoms with Gasteiger partial charge in [-0.25, -0.2) is 0 Å². The number of amides is 2. The molecule has 1 aromatic heterocycles. The van der Waals surface area contributed by atoms with Crippen molar-refractivity contribution >= 4 is 40.9 Å². The fourth-order valence-electron chi connectivity index (χ4n) is 6.87. The van der Waals surface area contributed by atoms with Gasteiger partial charge in [-0.3, -0.25) is 24.1 Å². The van der Waals surface area contributed by atoms with Crippen molar-refractivity contribution in [2.24, 2.45) is 29.6 Å². The number of H-pyrrole nitrogens is 1. The van der Waals surface area contributed by atoms with E-state index in [2.05, 4.69) is 4.98 Å². The zero-order valence-corrected chi connectivity index (χ0v) is 20.1. The van der Waals surface area contributed by atoms with Gasteiger partial charge in [0, 0.05) is 29.0 Å². The number of hydrogen-bond donors (Lipinski definition) is 2. The van der Waals surface area contributed by atoms with Crippen molar-refractivity contribution < 1.29 is 24.2 Å². The number of fused-ring (bicyclic) bond motifs is 9. The lowest BCUT2D eigenvalue weighted by molar-refractivity contribution is -0.142. The lowest BCUT2D eigenvalue weighted by Gasteiger charge is -2.43. The Morgan fingerprint density at radius 2 is 1.85 bits per heavy atom. The minimum atomic E-state index is -0.927. The van der Waals surface area contributed by atoms with Crippen LogP contribution in [0.4, 0.5) is 0 Å². The van der Waals surface area contributed by atoms with E-state index in [-0.39, 0.29) is 76.8 Å². The van der Waals surface area contributed by atoms with E-state index in [1.165, 1.54) is 16.2 Å². The number of thiazole rings is 1. The fourth-order valence-corrected chi connectivity index (χ4v) is 9.76. The van der Waals surface area contributed by atoms with Gasteiger partial charge in [-0.15, -0.1) is 11.8 Å². The molecular formula is C24H24N2O6S2. The Bertz CT molecular complexity index is 1240. The minimum absolute atomic E-state index is 0.0176. The first kappa shape index (κ1) is 21.9. The van der Waals surface area contributed by atoms with E-state index in [0.29, 0.717) is 0 Å². The molecule has 2 bridgehead atoms. The SMILES string of the molecule is COc1ccc([C@@H]2c3sc(=O)[nH]c3S[C@@H]3[C@H]4C[C@@H]([C@@H]5C(=O)N(CCCC(=O)O)C(=O)[C@H]45)[C@@H]23)cc1. The normalized spacial score (nSPS) is 33.1. The number of carboxylic acid groups (broad SMARTS) is 1. The summed E-state index contributed by atoms with van der Waals surface area (Å²) in [5.74, 6) is -0.861. The maximum Gasteiger partial charge on any atom is 0.305 e. The molecule has 34 heavy (non-hydrogen) atoms. The molecule has 8 nitrogen and oxygen atoms in total. The summed E-state index contributed by atoms with van der Waals surface area (Å²) in [7, 11) is 1.62. The molecular weight excluding hydrogens is 476 g/mol. The van der Waals surface area contributed by atoms with E-state index in [4.69, 9.17) is 9.84 Å². The molecule has 0 unspecified atom stereocenters. The molecule has 6 rings (SSSR count). The lowest BCUT2D eigenvalue weighted by Crippen LogP contribution is -2.42. The van der Waals surface area contributed by atoms with E-state index in [1.54, 1.807) is 18.9 Å². The summed E-state index contributed by atoms with van der Waals surface area (Å²) >= 11 is 2.90. The Balaban J connectivity index is 1.36. The number of aromatic nitrogens is 1. The Labute approximate surface area is 203 Å². The average molecular weight is 501 g/mol. The zero-order valence-electron chi connectivity index (χ0n) is 18.4. The number of likely N-dealkylation sites (tertiary alicyclic amines) is 1. The number of rotatable bonds is 6. The third-order valence-electron chi connectivity index (χ3n) is 8.06. The first-order valence-electron chi connectivity index (χ1n) is 11.5. The van der Waals surface area contributed by atoms with Gasteiger partial charge in [-0.2, -0.15) is 0 Å². The standard InChI is InChI=1S/C24H24N2O6S2/c1-32-11-6-4-10(5-7-11)15-16-12-9-13(19(16)33-21-20(15)34-24(31)25-21)18-17(12)22(29)26(23(18)30)8-2-3-14(27)28/h4-7,12-13,15-19H,2-3,8-9H2,1H3,(H,25,31)(H,27,28)/t12-,13+,15+,16+,17+,18-,19-/m1/s1. The van der Waals surface area contributed by atoms with Gasteiger partial charge in [0.2, 0.25) is 11.8 Å². The van der Waals surface area contributed by atoms with Crippen molar-refractivity contribution in [1.29, 1.82) is 0 Å². The molecule has 10 heteroatoms. The topological polar surface area (TPSA) is 117 Å². The van der Waals surface area contributed by atoms with E-state index >= 15 is 0 Å². The van der Waals surface area contributed by atoms with Gasteiger partial charge < -0.3 is 14.8 Å². The highest BCUT2D eigenvalue weighted by Gasteiger charge is 2.69. The van der Waals surface area contributed by atoms with Gasteiger partial charge in [0.15, 0.2) is 0 Å². The number of aliphatic carboxylic acids is 1. The number of thioether (sulfide) groups is 1. The summed E-state index contributed by atoms with van der Waals surface area (Å²) in [6.45, 7) is 0.168. The molecule has 0 radical (unpaired) electrons. The van der Waals surface area contributed by atoms with Crippen molar-refractivity contribution in [3.8, 4) is 5.75 Å². The molecule has 4 aliphatic rings. The van der Waals surface area contributed by atoms with Crippen molar-refractivity contribution in [1.82, 2.24) is 9.88 Å².